The zero-order valence-electron chi connectivity index (χ0n) is 14.4. The molecule has 0 radical (unpaired) electrons. The van der Waals surface area contributed by atoms with Gasteiger partial charge in [-0.3, -0.25) is 9.78 Å². The van der Waals surface area contributed by atoms with Gasteiger partial charge < -0.3 is 14.8 Å². The summed E-state index contributed by atoms with van der Waals surface area (Å²) in [6.07, 6.45) is 4.07. The third-order valence-electron chi connectivity index (χ3n) is 4.44. The van der Waals surface area contributed by atoms with Crippen LogP contribution < -0.4 is 10.1 Å². The van der Waals surface area contributed by atoms with Crippen LogP contribution in [0.1, 0.15) is 23.2 Å². The van der Waals surface area contributed by atoms with Crippen molar-refractivity contribution in [3.8, 4) is 5.75 Å². The second kappa shape index (κ2) is 7.54. The molecule has 5 heteroatoms. The molecule has 1 fully saturated rings. The zero-order valence-corrected chi connectivity index (χ0v) is 14.4. The minimum absolute atomic E-state index is 0.154. The molecule has 0 aliphatic carbocycles. The fraction of sp³-hybridized carbons (Fsp3) is 0.238. The summed E-state index contributed by atoms with van der Waals surface area (Å²) in [6, 6.07) is 16.7. The first-order valence-corrected chi connectivity index (χ1v) is 8.78. The average Bonchev–Trinajstić information content (AvgIpc) is 3.20. The number of nitrogens with one attached hydrogen (secondary N) is 1. The molecule has 26 heavy (non-hydrogen) atoms. The van der Waals surface area contributed by atoms with Crippen LogP contribution in [0, 0.1) is 0 Å². The number of anilines is 1. The first-order valence-electron chi connectivity index (χ1n) is 8.78. The number of hydrogen-bond acceptors (Lipinski definition) is 4. The molecule has 1 saturated heterocycles. The van der Waals surface area contributed by atoms with E-state index in [4.69, 9.17) is 9.47 Å². The van der Waals surface area contributed by atoms with Gasteiger partial charge in [-0.2, -0.15) is 0 Å². The summed E-state index contributed by atoms with van der Waals surface area (Å²) in [4.78, 5) is 16.7. The highest BCUT2D eigenvalue weighted by Gasteiger charge is 2.16. The molecule has 0 unspecified atom stereocenters. The number of benzene rings is 2. The first-order chi connectivity index (χ1) is 12.8. The van der Waals surface area contributed by atoms with Gasteiger partial charge in [-0.25, -0.2) is 0 Å². The van der Waals surface area contributed by atoms with Crippen molar-refractivity contribution in [2.45, 2.75) is 18.9 Å². The maximum atomic E-state index is 12.4. The molecule has 4 rings (SSSR count). The van der Waals surface area contributed by atoms with Crippen LogP contribution in [-0.2, 0) is 4.74 Å². The molecule has 0 spiro atoms. The quantitative estimate of drug-likeness (QED) is 0.756. The molecule has 2 aromatic carbocycles. The number of pyridine rings is 1. The lowest BCUT2D eigenvalue weighted by molar-refractivity contribution is 0.0679. The van der Waals surface area contributed by atoms with Crippen LogP contribution in [0.4, 0.5) is 5.69 Å². The number of fused-ring (bicyclic) bond motifs is 1. The Morgan fingerprint density at radius 2 is 2.08 bits per heavy atom. The fourth-order valence-corrected chi connectivity index (χ4v) is 3.02. The lowest BCUT2D eigenvalue weighted by atomic mass is 10.1. The number of rotatable bonds is 5. The summed E-state index contributed by atoms with van der Waals surface area (Å²) in [5, 5.41) is 3.91. The van der Waals surface area contributed by atoms with Crippen LogP contribution in [0.25, 0.3) is 10.9 Å². The lowest BCUT2D eigenvalue weighted by Crippen LogP contribution is -2.16. The molecular weight excluding hydrogens is 328 g/mol. The van der Waals surface area contributed by atoms with E-state index in [0.29, 0.717) is 12.2 Å². The standard InChI is InChI=1S/C21H20N2O3/c24-21(23-17-7-10-20-16(13-17)3-1-11-22-20)15-5-8-18(9-6-15)26-14-19-4-2-12-25-19/h1,3,5-11,13,19H,2,4,12,14H2,(H,23,24)/t19-/m1/s1. The van der Waals surface area contributed by atoms with E-state index in [0.717, 1.165) is 41.8 Å². The minimum Gasteiger partial charge on any atom is -0.491 e. The van der Waals surface area contributed by atoms with E-state index in [-0.39, 0.29) is 12.0 Å². The maximum Gasteiger partial charge on any atom is 0.255 e. The molecule has 1 aliphatic rings. The van der Waals surface area contributed by atoms with Crippen LogP contribution in [0.5, 0.6) is 5.75 Å². The molecule has 5 nitrogen and oxygen atoms in total. The molecule has 1 N–H and O–H groups in total. The summed E-state index contributed by atoms with van der Waals surface area (Å²) < 4.78 is 11.3. The Hall–Kier alpha value is -2.92. The van der Waals surface area contributed by atoms with E-state index >= 15 is 0 Å². The Morgan fingerprint density at radius 1 is 1.19 bits per heavy atom. The van der Waals surface area contributed by atoms with Gasteiger partial charge in [-0.15, -0.1) is 0 Å². The number of aromatic nitrogens is 1. The second-order valence-electron chi connectivity index (χ2n) is 6.34. The van der Waals surface area contributed by atoms with E-state index in [9.17, 15) is 4.79 Å². The average molecular weight is 348 g/mol. The normalized spacial score (nSPS) is 16.5. The topological polar surface area (TPSA) is 60.5 Å². The van der Waals surface area contributed by atoms with Crippen molar-refractivity contribution in [3.05, 3.63) is 66.4 Å². The van der Waals surface area contributed by atoms with Crippen molar-refractivity contribution in [1.82, 2.24) is 4.98 Å². The van der Waals surface area contributed by atoms with Crippen LogP contribution in [-0.4, -0.2) is 30.2 Å². The summed E-state index contributed by atoms with van der Waals surface area (Å²) in [5.41, 5.74) is 2.23. The van der Waals surface area contributed by atoms with Crippen molar-refractivity contribution < 1.29 is 14.3 Å². The Kier molecular flexibility index (Phi) is 4.80. The number of nitrogens with zero attached hydrogens (tertiary/aromatic N) is 1. The molecular formula is C21H20N2O3. The van der Waals surface area contributed by atoms with Gasteiger partial charge in [-0.05, 0) is 61.4 Å². The number of carbonyl (C=O) groups excluding carboxylic acids is 1. The highest BCUT2D eigenvalue weighted by atomic mass is 16.5. The van der Waals surface area contributed by atoms with Gasteiger partial charge in [0, 0.05) is 29.4 Å². The van der Waals surface area contributed by atoms with E-state index in [2.05, 4.69) is 10.3 Å². The van der Waals surface area contributed by atoms with E-state index in [1.54, 1.807) is 18.3 Å². The Morgan fingerprint density at radius 3 is 2.88 bits per heavy atom. The predicted molar refractivity (Wildman–Crippen MR) is 101 cm³/mol. The SMILES string of the molecule is O=C(Nc1ccc2ncccc2c1)c1ccc(OC[C@H]2CCCO2)cc1. The lowest BCUT2D eigenvalue weighted by Gasteiger charge is -2.12. The fourth-order valence-electron chi connectivity index (χ4n) is 3.02. The van der Waals surface area contributed by atoms with Gasteiger partial charge in [-0.1, -0.05) is 6.07 Å². The first kappa shape index (κ1) is 16.5. The number of ether oxygens (including phenoxy) is 2. The van der Waals surface area contributed by atoms with Crippen LogP contribution in [0.2, 0.25) is 0 Å². The van der Waals surface area contributed by atoms with Gasteiger partial charge in [0.2, 0.25) is 0 Å². The second-order valence-corrected chi connectivity index (χ2v) is 6.34. The molecule has 1 amide bonds. The van der Waals surface area contributed by atoms with Crippen molar-refractivity contribution in [2.75, 3.05) is 18.5 Å². The van der Waals surface area contributed by atoms with Crippen molar-refractivity contribution >= 4 is 22.5 Å². The molecule has 1 atom stereocenters. The largest absolute Gasteiger partial charge is 0.491 e. The highest BCUT2D eigenvalue weighted by Crippen LogP contribution is 2.19. The van der Waals surface area contributed by atoms with Gasteiger partial charge in [0.05, 0.1) is 11.6 Å². The third-order valence-corrected chi connectivity index (χ3v) is 4.44. The zero-order chi connectivity index (χ0) is 17.8. The van der Waals surface area contributed by atoms with E-state index in [1.807, 2.05) is 42.5 Å². The van der Waals surface area contributed by atoms with E-state index in [1.165, 1.54) is 0 Å². The van der Waals surface area contributed by atoms with Crippen LogP contribution in [0.15, 0.2) is 60.8 Å². The molecule has 1 aliphatic heterocycles. The highest BCUT2D eigenvalue weighted by molar-refractivity contribution is 6.05. The minimum atomic E-state index is -0.154. The molecule has 1 aromatic heterocycles. The van der Waals surface area contributed by atoms with Gasteiger partial charge >= 0.3 is 0 Å². The molecule has 132 valence electrons. The predicted octanol–water partition coefficient (Wildman–Crippen LogP) is 4.04. The maximum absolute atomic E-state index is 12.4. The molecule has 3 aromatic rings. The Balaban J connectivity index is 1.38. The summed E-state index contributed by atoms with van der Waals surface area (Å²) in [5.74, 6) is 0.591. The van der Waals surface area contributed by atoms with Gasteiger partial charge in [0.1, 0.15) is 12.4 Å². The van der Waals surface area contributed by atoms with Crippen molar-refractivity contribution in [1.29, 1.82) is 0 Å². The number of hydrogen-bond donors (Lipinski definition) is 1. The molecule has 2 heterocycles. The van der Waals surface area contributed by atoms with Crippen molar-refractivity contribution in [2.24, 2.45) is 0 Å². The molecule has 0 saturated carbocycles. The van der Waals surface area contributed by atoms with Crippen LogP contribution >= 0.6 is 0 Å². The van der Waals surface area contributed by atoms with Crippen molar-refractivity contribution in [3.63, 3.8) is 0 Å². The summed E-state index contributed by atoms with van der Waals surface area (Å²) in [6.45, 7) is 1.37. The summed E-state index contributed by atoms with van der Waals surface area (Å²) in [7, 11) is 0. The van der Waals surface area contributed by atoms with Crippen LogP contribution in [0.3, 0.4) is 0 Å². The van der Waals surface area contributed by atoms with Gasteiger partial charge in [0.25, 0.3) is 5.91 Å². The van der Waals surface area contributed by atoms with Gasteiger partial charge in [0.15, 0.2) is 0 Å². The Bertz CT molecular complexity index is 903. The monoisotopic (exact) mass is 348 g/mol. The Labute approximate surface area is 152 Å². The van der Waals surface area contributed by atoms with E-state index < -0.39 is 0 Å². The number of carbonyl (C=O) groups is 1. The smallest absolute Gasteiger partial charge is 0.255 e. The molecule has 0 bridgehead atoms. The number of amides is 1. The third kappa shape index (κ3) is 3.83. The summed E-state index contributed by atoms with van der Waals surface area (Å²) >= 11 is 0.